The number of aryl methyl sites for hydroxylation is 3. The standard InChI is InChI=1S/C46H58N4O8S2/c1-7-58-41(51)16-11-27-49(28-29-50(31(2)3)32(4)5)60(55,56)38-13-10-12-36(30-38)43(52)48-45-42(39-14-8-9-15-40(39)59-45)44(53)47-37-25-21-34(22-26-37)18-17-33-19-23-35(24-20-33)46(54)57-6/h10,12-13,19-26,30-32H,7-9,11,14-18,27-29H2,1-6H3,(H,47,53)(H,48,52). The number of amides is 2. The van der Waals surface area contributed by atoms with Crippen LogP contribution < -0.4 is 10.6 Å². The van der Waals surface area contributed by atoms with Crippen LogP contribution in [0.5, 0.6) is 0 Å². The number of anilines is 2. The summed E-state index contributed by atoms with van der Waals surface area (Å²) in [6.45, 7) is 11.1. The van der Waals surface area contributed by atoms with E-state index in [0.29, 0.717) is 28.4 Å². The summed E-state index contributed by atoms with van der Waals surface area (Å²) in [7, 11) is -2.72. The molecule has 1 aliphatic carbocycles. The summed E-state index contributed by atoms with van der Waals surface area (Å²) in [6, 6.07) is 21.3. The third kappa shape index (κ3) is 12.1. The summed E-state index contributed by atoms with van der Waals surface area (Å²) in [4.78, 5) is 55.0. The lowest BCUT2D eigenvalue weighted by atomic mass is 9.95. The van der Waals surface area contributed by atoms with Crippen LogP contribution in [0, 0.1) is 0 Å². The van der Waals surface area contributed by atoms with E-state index in [1.54, 1.807) is 31.2 Å². The Balaban J connectivity index is 1.30. The summed E-state index contributed by atoms with van der Waals surface area (Å²) < 4.78 is 39.7. The van der Waals surface area contributed by atoms with Crippen molar-refractivity contribution in [3.05, 3.63) is 111 Å². The van der Waals surface area contributed by atoms with Crippen LogP contribution in [0.4, 0.5) is 10.7 Å². The molecule has 0 spiro atoms. The van der Waals surface area contributed by atoms with Gasteiger partial charge in [0.1, 0.15) is 5.00 Å². The van der Waals surface area contributed by atoms with Crippen LogP contribution in [0.2, 0.25) is 0 Å². The van der Waals surface area contributed by atoms with Gasteiger partial charge in [0.2, 0.25) is 10.0 Å². The number of benzene rings is 3. The van der Waals surface area contributed by atoms with Crippen molar-refractivity contribution in [3.8, 4) is 0 Å². The number of fused-ring (bicyclic) bond motifs is 1. The normalized spacial score (nSPS) is 12.8. The topological polar surface area (TPSA) is 151 Å². The molecule has 4 aromatic rings. The van der Waals surface area contributed by atoms with Crippen molar-refractivity contribution in [1.82, 2.24) is 9.21 Å². The van der Waals surface area contributed by atoms with Crippen LogP contribution in [0.25, 0.3) is 0 Å². The Morgan fingerprint density at radius 3 is 2.07 bits per heavy atom. The van der Waals surface area contributed by atoms with E-state index in [4.69, 9.17) is 9.47 Å². The largest absolute Gasteiger partial charge is 0.466 e. The number of nitrogens with one attached hydrogen (secondary N) is 2. The van der Waals surface area contributed by atoms with Gasteiger partial charge in [-0.15, -0.1) is 11.3 Å². The molecule has 3 aromatic carbocycles. The van der Waals surface area contributed by atoms with Gasteiger partial charge in [-0.3, -0.25) is 19.3 Å². The molecule has 1 aliphatic rings. The second-order valence-corrected chi connectivity index (χ2v) is 18.5. The van der Waals surface area contributed by atoms with Crippen LogP contribution in [-0.2, 0) is 50.0 Å². The maximum atomic E-state index is 14.2. The first-order valence-electron chi connectivity index (χ1n) is 20.8. The van der Waals surface area contributed by atoms with Crippen LogP contribution in [0.1, 0.15) is 113 Å². The van der Waals surface area contributed by atoms with Crippen LogP contribution in [0.3, 0.4) is 0 Å². The van der Waals surface area contributed by atoms with Crippen molar-refractivity contribution in [1.29, 1.82) is 0 Å². The SMILES string of the molecule is CCOC(=O)CCCN(CCN(C(C)C)C(C)C)S(=O)(=O)c1cccc(C(=O)Nc2sc3c(c2C(=O)Nc2ccc(CCc4ccc(C(=O)OC)cc4)cc2)CCCC3)c1. The van der Waals surface area contributed by atoms with Crippen molar-refractivity contribution < 1.29 is 37.1 Å². The average molecular weight is 859 g/mol. The molecule has 0 saturated heterocycles. The third-order valence-electron chi connectivity index (χ3n) is 10.7. The van der Waals surface area contributed by atoms with E-state index in [1.807, 2.05) is 36.4 Å². The van der Waals surface area contributed by atoms with Gasteiger partial charge in [-0.05, 0) is 139 Å². The van der Waals surface area contributed by atoms with Crippen molar-refractivity contribution in [2.75, 3.05) is 44.0 Å². The lowest BCUT2D eigenvalue weighted by molar-refractivity contribution is -0.143. The summed E-state index contributed by atoms with van der Waals surface area (Å²) in [5.74, 6) is -1.60. The molecule has 12 nitrogen and oxygen atoms in total. The third-order valence-corrected chi connectivity index (χ3v) is 13.8. The molecular formula is C46H58N4O8S2. The second-order valence-electron chi connectivity index (χ2n) is 15.5. The van der Waals surface area contributed by atoms with E-state index < -0.39 is 15.9 Å². The van der Waals surface area contributed by atoms with Crippen molar-refractivity contribution in [2.45, 2.75) is 103 Å². The molecule has 2 amide bonds. The molecule has 0 unspecified atom stereocenters. The van der Waals surface area contributed by atoms with E-state index in [0.717, 1.165) is 60.1 Å². The summed E-state index contributed by atoms with van der Waals surface area (Å²) in [5, 5.41) is 6.42. The molecule has 0 fully saturated rings. The van der Waals surface area contributed by atoms with Gasteiger partial charge in [0, 0.05) is 54.3 Å². The number of hydrogen-bond donors (Lipinski definition) is 2. The van der Waals surface area contributed by atoms with Crippen molar-refractivity contribution >= 4 is 55.8 Å². The minimum Gasteiger partial charge on any atom is -0.466 e. The molecule has 0 bridgehead atoms. The van der Waals surface area contributed by atoms with E-state index >= 15 is 0 Å². The zero-order valence-corrected chi connectivity index (χ0v) is 37.2. The smallest absolute Gasteiger partial charge is 0.337 e. The van der Waals surface area contributed by atoms with Gasteiger partial charge in [0.25, 0.3) is 11.8 Å². The Labute approximate surface area is 358 Å². The molecule has 60 heavy (non-hydrogen) atoms. The van der Waals surface area contributed by atoms with E-state index in [-0.39, 0.29) is 72.9 Å². The summed E-state index contributed by atoms with van der Waals surface area (Å²) >= 11 is 1.39. The summed E-state index contributed by atoms with van der Waals surface area (Å²) in [6.07, 6.45) is 5.36. The van der Waals surface area contributed by atoms with Crippen molar-refractivity contribution in [3.63, 3.8) is 0 Å². The number of esters is 2. The first-order valence-corrected chi connectivity index (χ1v) is 23.0. The Kier molecular flexibility index (Phi) is 16.6. The number of nitrogens with zero attached hydrogens (tertiary/aromatic N) is 2. The number of methoxy groups -OCH3 is 1. The monoisotopic (exact) mass is 858 g/mol. The minimum absolute atomic E-state index is 0.0321. The quantitative estimate of drug-likeness (QED) is 0.0840. The molecule has 2 N–H and O–H groups in total. The highest BCUT2D eigenvalue weighted by atomic mass is 32.2. The van der Waals surface area contributed by atoms with E-state index in [9.17, 15) is 27.6 Å². The Morgan fingerprint density at radius 2 is 1.43 bits per heavy atom. The molecule has 0 atom stereocenters. The number of hydrogen-bond acceptors (Lipinski definition) is 10. The lowest BCUT2D eigenvalue weighted by Crippen LogP contribution is -2.44. The fraction of sp³-hybridized carbons (Fsp3) is 0.435. The Bertz CT molecular complexity index is 2210. The average Bonchev–Trinajstić information content (AvgIpc) is 3.60. The lowest BCUT2D eigenvalue weighted by Gasteiger charge is -2.33. The Hall–Kier alpha value is -4.89. The fourth-order valence-corrected chi connectivity index (χ4v) is 10.3. The predicted molar refractivity (Wildman–Crippen MR) is 237 cm³/mol. The zero-order valence-electron chi connectivity index (χ0n) is 35.5. The molecule has 5 rings (SSSR count). The maximum Gasteiger partial charge on any atom is 0.337 e. The highest BCUT2D eigenvalue weighted by Gasteiger charge is 2.29. The van der Waals surface area contributed by atoms with Gasteiger partial charge >= 0.3 is 11.9 Å². The highest BCUT2D eigenvalue weighted by Crippen LogP contribution is 2.39. The maximum absolute atomic E-state index is 14.2. The number of ether oxygens (including phenoxy) is 2. The molecular weight excluding hydrogens is 801 g/mol. The van der Waals surface area contributed by atoms with Gasteiger partial charge in [-0.25, -0.2) is 13.2 Å². The number of sulfonamides is 1. The van der Waals surface area contributed by atoms with E-state index in [1.165, 1.54) is 34.9 Å². The van der Waals surface area contributed by atoms with Crippen LogP contribution in [0.15, 0.2) is 77.7 Å². The predicted octanol–water partition coefficient (Wildman–Crippen LogP) is 8.16. The van der Waals surface area contributed by atoms with Gasteiger partial charge in [-0.2, -0.15) is 4.31 Å². The van der Waals surface area contributed by atoms with Crippen LogP contribution >= 0.6 is 11.3 Å². The fourth-order valence-electron chi connectivity index (χ4n) is 7.50. The number of carbonyl (C=O) groups is 4. The van der Waals surface area contributed by atoms with Gasteiger partial charge in [0.15, 0.2) is 0 Å². The number of carbonyl (C=O) groups excluding carboxylic acids is 4. The van der Waals surface area contributed by atoms with Gasteiger partial charge < -0.3 is 20.1 Å². The number of rotatable bonds is 20. The van der Waals surface area contributed by atoms with Crippen molar-refractivity contribution in [2.24, 2.45) is 0 Å². The first kappa shape index (κ1) is 46.2. The van der Waals surface area contributed by atoms with E-state index in [2.05, 4.69) is 43.2 Å². The zero-order chi connectivity index (χ0) is 43.4. The molecule has 0 radical (unpaired) electrons. The molecule has 0 aliphatic heterocycles. The van der Waals surface area contributed by atoms with Gasteiger partial charge in [0.05, 0.1) is 29.7 Å². The van der Waals surface area contributed by atoms with Crippen LogP contribution in [-0.4, -0.2) is 86.8 Å². The Morgan fingerprint density at radius 1 is 0.783 bits per heavy atom. The molecule has 1 heterocycles. The minimum atomic E-state index is -4.07. The molecule has 322 valence electrons. The first-order chi connectivity index (χ1) is 28.7. The number of thiophene rings is 1. The molecule has 0 saturated carbocycles. The molecule has 1 aromatic heterocycles. The highest BCUT2D eigenvalue weighted by molar-refractivity contribution is 7.89. The second kappa shape index (κ2) is 21.6. The molecule has 14 heteroatoms. The summed E-state index contributed by atoms with van der Waals surface area (Å²) in [5.41, 5.74) is 4.80. The van der Waals surface area contributed by atoms with Gasteiger partial charge in [-0.1, -0.05) is 30.3 Å².